The molecule has 0 bridgehead atoms. The lowest BCUT2D eigenvalue weighted by Gasteiger charge is -2.29. The van der Waals surface area contributed by atoms with Crippen LogP contribution in [0.15, 0.2) is 10.7 Å². The summed E-state index contributed by atoms with van der Waals surface area (Å²) >= 11 is 3.70. The largest absolute Gasteiger partial charge is 0.308 e. The van der Waals surface area contributed by atoms with Crippen LogP contribution in [0.5, 0.6) is 0 Å². The molecule has 1 rings (SSSR count). The van der Waals surface area contributed by atoms with Crippen LogP contribution in [-0.2, 0) is 6.54 Å². The van der Waals surface area contributed by atoms with Crippen molar-refractivity contribution >= 4 is 15.9 Å². The van der Waals surface area contributed by atoms with Crippen LogP contribution in [0.1, 0.15) is 71.5 Å². The monoisotopic (exact) mass is 343 g/mol. The van der Waals surface area contributed by atoms with Crippen molar-refractivity contribution in [2.45, 2.75) is 72.4 Å². The maximum atomic E-state index is 4.50. The van der Waals surface area contributed by atoms with Crippen molar-refractivity contribution in [3.05, 3.63) is 16.4 Å². The molecule has 0 aromatic carbocycles. The van der Waals surface area contributed by atoms with E-state index >= 15 is 0 Å². The van der Waals surface area contributed by atoms with Gasteiger partial charge in [-0.15, -0.1) is 0 Å². The molecule has 1 heterocycles. The number of nitrogens with one attached hydrogen (secondary N) is 1. The van der Waals surface area contributed by atoms with Gasteiger partial charge in [0.1, 0.15) is 0 Å². The Balaban J connectivity index is 3.04. The molecule has 20 heavy (non-hydrogen) atoms. The predicted octanol–water partition coefficient (Wildman–Crippen LogP) is 4.92. The number of rotatable bonds is 10. The van der Waals surface area contributed by atoms with E-state index in [0.29, 0.717) is 12.0 Å². The Morgan fingerprint density at radius 1 is 1.15 bits per heavy atom. The molecule has 0 radical (unpaired) electrons. The van der Waals surface area contributed by atoms with E-state index in [1.165, 1.54) is 37.8 Å². The van der Waals surface area contributed by atoms with Gasteiger partial charge in [-0.25, -0.2) is 0 Å². The molecule has 3 nitrogen and oxygen atoms in total. The molecule has 4 heteroatoms. The van der Waals surface area contributed by atoms with E-state index in [4.69, 9.17) is 0 Å². The highest BCUT2D eigenvalue weighted by atomic mass is 79.9. The summed E-state index contributed by atoms with van der Waals surface area (Å²) in [5, 5.41) is 8.26. The molecule has 116 valence electrons. The van der Waals surface area contributed by atoms with Crippen molar-refractivity contribution in [3.63, 3.8) is 0 Å². The van der Waals surface area contributed by atoms with E-state index in [-0.39, 0.29) is 0 Å². The topological polar surface area (TPSA) is 29.9 Å². The zero-order valence-electron chi connectivity index (χ0n) is 13.5. The number of hydrogen-bond donors (Lipinski definition) is 1. The second kappa shape index (κ2) is 9.56. The van der Waals surface area contributed by atoms with E-state index in [0.717, 1.165) is 17.6 Å². The second-order valence-corrected chi connectivity index (χ2v) is 6.32. The van der Waals surface area contributed by atoms with Crippen molar-refractivity contribution in [3.8, 4) is 0 Å². The minimum absolute atomic E-state index is 0.409. The summed E-state index contributed by atoms with van der Waals surface area (Å²) in [6.45, 7) is 10.9. The lowest BCUT2D eigenvalue weighted by Crippen LogP contribution is -2.31. The SMILES string of the molecule is CCCNC(c1c(Br)cnn1CC)C(CCC)CCC. The van der Waals surface area contributed by atoms with Crippen LogP contribution in [0.2, 0.25) is 0 Å². The number of nitrogens with zero attached hydrogens (tertiary/aromatic N) is 2. The Bertz CT molecular complexity index is 370. The fourth-order valence-electron chi connectivity index (χ4n) is 2.94. The molecule has 1 aromatic heterocycles. The Labute approximate surface area is 132 Å². The first-order valence-corrected chi connectivity index (χ1v) is 8.93. The number of aryl methyl sites for hydroxylation is 1. The van der Waals surface area contributed by atoms with Crippen LogP contribution in [0.3, 0.4) is 0 Å². The van der Waals surface area contributed by atoms with Gasteiger partial charge >= 0.3 is 0 Å². The van der Waals surface area contributed by atoms with Gasteiger partial charge in [0, 0.05) is 6.54 Å². The maximum Gasteiger partial charge on any atom is 0.0698 e. The molecule has 1 atom stereocenters. The first kappa shape index (κ1) is 17.7. The highest BCUT2D eigenvalue weighted by molar-refractivity contribution is 9.10. The minimum Gasteiger partial charge on any atom is -0.308 e. The lowest BCUT2D eigenvalue weighted by molar-refractivity contribution is 0.300. The Morgan fingerprint density at radius 2 is 1.80 bits per heavy atom. The zero-order valence-corrected chi connectivity index (χ0v) is 15.0. The van der Waals surface area contributed by atoms with E-state index in [9.17, 15) is 0 Å². The molecule has 0 aliphatic carbocycles. The molecule has 0 saturated heterocycles. The van der Waals surface area contributed by atoms with E-state index in [2.05, 4.69) is 58.7 Å². The van der Waals surface area contributed by atoms with Crippen molar-refractivity contribution in [2.75, 3.05) is 6.54 Å². The summed E-state index contributed by atoms with van der Waals surface area (Å²) in [7, 11) is 0. The highest BCUT2D eigenvalue weighted by Crippen LogP contribution is 2.33. The van der Waals surface area contributed by atoms with Crippen LogP contribution < -0.4 is 5.32 Å². The van der Waals surface area contributed by atoms with Gasteiger partial charge in [0.2, 0.25) is 0 Å². The first-order chi connectivity index (χ1) is 9.69. The molecule has 0 fully saturated rings. The Morgan fingerprint density at radius 3 is 2.30 bits per heavy atom. The van der Waals surface area contributed by atoms with Gasteiger partial charge in [0.05, 0.1) is 22.4 Å². The van der Waals surface area contributed by atoms with Crippen LogP contribution in [0, 0.1) is 5.92 Å². The molecular weight excluding hydrogens is 314 g/mol. The number of aromatic nitrogens is 2. The summed E-state index contributed by atoms with van der Waals surface area (Å²) in [4.78, 5) is 0. The third kappa shape index (κ3) is 4.59. The van der Waals surface area contributed by atoms with Gasteiger partial charge in [-0.2, -0.15) is 5.10 Å². The fourth-order valence-corrected chi connectivity index (χ4v) is 3.48. The summed E-state index contributed by atoms with van der Waals surface area (Å²) in [6, 6.07) is 0.409. The normalized spacial score (nSPS) is 13.1. The summed E-state index contributed by atoms with van der Waals surface area (Å²) in [6.07, 6.45) is 8.14. The first-order valence-electron chi connectivity index (χ1n) is 8.13. The molecule has 0 spiro atoms. The molecule has 0 amide bonds. The third-order valence-electron chi connectivity index (χ3n) is 3.83. The van der Waals surface area contributed by atoms with Gasteiger partial charge in [-0.05, 0) is 54.6 Å². The van der Waals surface area contributed by atoms with Gasteiger partial charge in [-0.3, -0.25) is 4.68 Å². The zero-order chi connectivity index (χ0) is 15.0. The standard InChI is InChI=1S/C16H30BrN3/c1-5-9-13(10-6-2)15(18-11-7-3)16-14(17)12-19-20(16)8-4/h12-13,15,18H,5-11H2,1-4H3. The molecule has 0 aliphatic heterocycles. The predicted molar refractivity (Wildman–Crippen MR) is 89.9 cm³/mol. The van der Waals surface area contributed by atoms with E-state index < -0.39 is 0 Å². The van der Waals surface area contributed by atoms with Crippen molar-refractivity contribution in [1.82, 2.24) is 15.1 Å². The highest BCUT2D eigenvalue weighted by Gasteiger charge is 2.26. The van der Waals surface area contributed by atoms with Crippen LogP contribution in [-0.4, -0.2) is 16.3 Å². The smallest absolute Gasteiger partial charge is 0.0698 e. The molecular formula is C16H30BrN3. The molecule has 1 unspecified atom stereocenters. The molecule has 0 aliphatic rings. The van der Waals surface area contributed by atoms with Crippen molar-refractivity contribution in [2.24, 2.45) is 5.92 Å². The number of halogens is 1. The summed E-state index contributed by atoms with van der Waals surface area (Å²) < 4.78 is 3.28. The van der Waals surface area contributed by atoms with Crippen molar-refractivity contribution < 1.29 is 0 Å². The van der Waals surface area contributed by atoms with E-state index in [1.807, 2.05) is 6.20 Å². The van der Waals surface area contributed by atoms with Crippen LogP contribution >= 0.6 is 15.9 Å². The summed E-state index contributed by atoms with van der Waals surface area (Å²) in [5.41, 5.74) is 1.33. The average molecular weight is 344 g/mol. The second-order valence-electron chi connectivity index (χ2n) is 5.46. The van der Waals surface area contributed by atoms with Crippen LogP contribution in [0.4, 0.5) is 0 Å². The van der Waals surface area contributed by atoms with E-state index in [1.54, 1.807) is 0 Å². The molecule has 1 aromatic rings. The van der Waals surface area contributed by atoms with Crippen molar-refractivity contribution in [1.29, 1.82) is 0 Å². The minimum atomic E-state index is 0.409. The quantitative estimate of drug-likeness (QED) is 0.653. The maximum absolute atomic E-state index is 4.50. The van der Waals surface area contributed by atoms with Crippen LogP contribution in [0.25, 0.3) is 0 Å². The number of hydrogen-bond acceptors (Lipinski definition) is 2. The van der Waals surface area contributed by atoms with Gasteiger partial charge in [0.15, 0.2) is 0 Å². The summed E-state index contributed by atoms with van der Waals surface area (Å²) in [5.74, 6) is 0.690. The molecule has 0 saturated carbocycles. The van der Waals surface area contributed by atoms with Gasteiger partial charge in [0.25, 0.3) is 0 Å². The average Bonchev–Trinajstić information content (AvgIpc) is 2.81. The fraction of sp³-hybridized carbons (Fsp3) is 0.812. The third-order valence-corrected chi connectivity index (χ3v) is 4.44. The lowest BCUT2D eigenvalue weighted by atomic mass is 9.88. The van der Waals surface area contributed by atoms with Gasteiger partial charge < -0.3 is 5.32 Å². The van der Waals surface area contributed by atoms with Gasteiger partial charge in [-0.1, -0.05) is 33.6 Å². The molecule has 1 N–H and O–H groups in total. The Hall–Kier alpha value is -0.350. The Kier molecular flexibility index (Phi) is 8.46.